The summed E-state index contributed by atoms with van der Waals surface area (Å²) >= 11 is -1.66. The van der Waals surface area contributed by atoms with Crippen molar-refractivity contribution in [2.24, 2.45) is 0 Å². The average Bonchev–Trinajstić information content (AvgIpc) is 2.66. The minimum atomic E-state index is -4.99. The lowest BCUT2D eigenvalue weighted by Crippen LogP contribution is -2.40. The molecule has 0 aliphatic rings. The van der Waals surface area contributed by atoms with Crippen LogP contribution in [0.15, 0.2) is 42.5 Å². The Bertz CT molecular complexity index is 902. The zero-order valence-electron chi connectivity index (χ0n) is 17.5. The van der Waals surface area contributed by atoms with Crippen LogP contribution in [0, 0.1) is 5.82 Å². The Morgan fingerprint density at radius 1 is 1.16 bits per heavy atom. The van der Waals surface area contributed by atoms with Gasteiger partial charge >= 0.3 is 12.3 Å². The van der Waals surface area contributed by atoms with Crippen molar-refractivity contribution in [3.8, 4) is 0 Å². The maximum Gasteiger partial charge on any atom is 0.419 e. The zero-order valence-corrected chi connectivity index (χ0v) is 18.3. The van der Waals surface area contributed by atoms with Crippen LogP contribution in [0.25, 0.3) is 0 Å². The summed E-state index contributed by atoms with van der Waals surface area (Å²) < 4.78 is 73.9. The first-order valence-corrected chi connectivity index (χ1v) is 10.5. The number of nitrogens with one attached hydrogen (secondary N) is 2. The number of amides is 1. The number of anilines is 1. The summed E-state index contributed by atoms with van der Waals surface area (Å²) in [6, 6.07) is 9.24. The Labute approximate surface area is 181 Å². The van der Waals surface area contributed by atoms with Gasteiger partial charge in [-0.05, 0) is 45.4 Å². The Morgan fingerprint density at radius 2 is 1.77 bits per heavy atom. The smallest absolute Gasteiger partial charge is 0.419 e. The number of hydrogen-bond acceptors (Lipinski definition) is 4. The van der Waals surface area contributed by atoms with E-state index in [0.29, 0.717) is 11.6 Å². The minimum Gasteiger partial charge on any atom is -0.598 e. The second-order valence-corrected chi connectivity index (χ2v) is 9.83. The number of carbonyl (C=O) groups excluding carboxylic acids is 1. The molecule has 0 spiro atoms. The fraction of sp³-hybridized carbons (Fsp3) is 0.381. The normalized spacial score (nSPS) is 14.1. The molecule has 0 aliphatic carbocycles. The molecular formula is C21H24F4N2O3S. The molecule has 0 bridgehead atoms. The average molecular weight is 460 g/mol. The van der Waals surface area contributed by atoms with E-state index in [1.54, 1.807) is 51.1 Å². The van der Waals surface area contributed by atoms with Crippen molar-refractivity contribution in [1.29, 1.82) is 0 Å². The van der Waals surface area contributed by atoms with Crippen LogP contribution in [0.4, 0.5) is 28.0 Å². The number of hydrogen-bond donors (Lipinski definition) is 2. The molecule has 2 N–H and O–H groups in total. The van der Waals surface area contributed by atoms with Crippen molar-refractivity contribution in [2.75, 3.05) is 5.32 Å². The van der Waals surface area contributed by atoms with Gasteiger partial charge in [0, 0.05) is 22.6 Å². The van der Waals surface area contributed by atoms with Gasteiger partial charge in [0.15, 0.2) is 0 Å². The van der Waals surface area contributed by atoms with Crippen molar-refractivity contribution < 1.29 is 31.6 Å². The first kappa shape index (κ1) is 25.0. The highest BCUT2D eigenvalue weighted by Crippen LogP contribution is 2.37. The van der Waals surface area contributed by atoms with Crippen LogP contribution in [0.1, 0.15) is 50.4 Å². The highest BCUT2D eigenvalue weighted by molar-refractivity contribution is 7.90. The van der Waals surface area contributed by atoms with Crippen LogP contribution in [0.5, 0.6) is 0 Å². The van der Waals surface area contributed by atoms with Gasteiger partial charge in [0.05, 0.1) is 11.6 Å². The quantitative estimate of drug-likeness (QED) is 0.428. The molecule has 10 heteroatoms. The molecule has 31 heavy (non-hydrogen) atoms. The van der Waals surface area contributed by atoms with E-state index < -0.39 is 45.8 Å². The molecule has 1 unspecified atom stereocenters. The molecule has 0 heterocycles. The number of rotatable bonds is 6. The Morgan fingerprint density at radius 3 is 2.32 bits per heavy atom. The van der Waals surface area contributed by atoms with Gasteiger partial charge in [0.1, 0.15) is 17.2 Å². The second kappa shape index (κ2) is 9.88. The summed E-state index contributed by atoms with van der Waals surface area (Å²) in [5.74, 6) is -1.50. The molecule has 2 rings (SSSR count). The van der Waals surface area contributed by atoms with Gasteiger partial charge in [-0.2, -0.15) is 13.2 Å². The molecule has 2 aromatic carbocycles. The van der Waals surface area contributed by atoms with Gasteiger partial charge in [0.25, 0.3) is 0 Å². The molecule has 170 valence electrons. The van der Waals surface area contributed by atoms with E-state index in [0.717, 1.165) is 6.07 Å². The molecule has 5 nitrogen and oxygen atoms in total. The molecule has 0 aromatic heterocycles. The molecule has 0 fully saturated rings. The third-order valence-corrected chi connectivity index (χ3v) is 5.85. The van der Waals surface area contributed by atoms with Crippen molar-refractivity contribution in [1.82, 2.24) is 4.72 Å². The summed E-state index contributed by atoms with van der Waals surface area (Å²) in [6.07, 6.45) is -5.98. The second-order valence-electron chi connectivity index (χ2n) is 7.83. The molecule has 0 saturated carbocycles. The standard InChI is InChI=1S/C21H24F4N2O3S/c1-13(27-31(29)20(2,3)4)16-10-15(11-17(18(16)22)21(23,24)25)26-19(28)30-12-14-8-6-5-7-9-14/h5-11,13,27H,12H2,1-4H3,(H,26,28)/t13?,31-/m1/s1. The largest absolute Gasteiger partial charge is 0.598 e. The Balaban J connectivity index is 2.26. The van der Waals surface area contributed by atoms with E-state index in [-0.39, 0.29) is 17.9 Å². The molecular weight excluding hydrogens is 436 g/mol. The molecule has 0 radical (unpaired) electrons. The zero-order chi connectivity index (χ0) is 23.4. The van der Waals surface area contributed by atoms with Gasteiger partial charge < -0.3 is 9.29 Å². The maximum atomic E-state index is 14.6. The van der Waals surface area contributed by atoms with Crippen LogP contribution in [-0.2, 0) is 28.9 Å². The molecule has 2 atom stereocenters. The van der Waals surface area contributed by atoms with Crippen molar-refractivity contribution in [3.63, 3.8) is 0 Å². The number of carbonyl (C=O) groups is 1. The van der Waals surface area contributed by atoms with E-state index in [1.165, 1.54) is 6.92 Å². The van der Waals surface area contributed by atoms with E-state index in [2.05, 4.69) is 10.0 Å². The Kier molecular flexibility index (Phi) is 7.96. The lowest BCUT2D eigenvalue weighted by Gasteiger charge is -2.27. The van der Waals surface area contributed by atoms with Gasteiger partial charge in [-0.15, -0.1) is 4.72 Å². The van der Waals surface area contributed by atoms with Crippen LogP contribution in [-0.4, -0.2) is 15.4 Å². The SMILES string of the molecule is CC(N[S@+]([O-])C(C)(C)C)c1cc(NC(=O)OCc2ccccc2)cc(C(F)(F)F)c1F. The summed E-state index contributed by atoms with van der Waals surface area (Å²) in [4.78, 5) is 12.0. The van der Waals surface area contributed by atoms with Crippen LogP contribution in [0.2, 0.25) is 0 Å². The van der Waals surface area contributed by atoms with E-state index in [1.807, 2.05) is 0 Å². The topological polar surface area (TPSA) is 73.4 Å². The molecule has 2 aromatic rings. The van der Waals surface area contributed by atoms with Crippen molar-refractivity contribution >= 4 is 23.1 Å². The first-order chi connectivity index (χ1) is 14.3. The number of ether oxygens (including phenoxy) is 1. The van der Waals surface area contributed by atoms with Gasteiger partial charge in [-0.25, -0.2) is 9.18 Å². The Hall–Kier alpha value is -2.30. The third kappa shape index (κ3) is 7.12. The summed E-state index contributed by atoms with van der Waals surface area (Å²) in [5.41, 5.74) is -1.53. The van der Waals surface area contributed by atoms with Crippen molar-refractivity contribution in [2.45, 2.75) is 51.3 Å². The van der Waals surface area contributed by atoms with Crippen molar-refractivity contribution in [3.05, 3.63) is 65.0 Å². The molecule has 0 saturated heterocycles. The van der Waals surface area contributed by atoms with Gasteiger partial charge in [-0.1, -0.05) is 30.3 Å². The number of benzene rings is 2. The van der Waals surface area contributed by atoms with Gasteiger partial charge in [-0.3, -0.25) is 5.32 Å². The molecule has 1 amide bonds. The summed E-state index contributed by atoms with van der Waals surface area (Å²) in [6.45, 7) is 6.30. The lowest BCUT2D eigenvalue weighted by molar-refractivity contribution is -0.140. The van der Waals surface area contributed by atoms with Crippen LogP contribution < -0.4 is 10.0 Å². The first-order valence-electron chi connectivity index (χ1n) is 9.35. The van der Waals surface area contributed by atoms with Crippen LogP contribution >= 0.6 is 0 Å². The van der Waals surface area contributed by atoms with Gasteiger partial charge in [0.2, 0.25) is 0 Å². The maximum absolute atomic E-state index is 14.6. The molecule has 0 aliphatic heterocycles. The lowest BCUT2D eigenvalue weighted by atomic mass is 10.0. The summed E-state index contributed by atoms with van der Waals surface area (Å²) in [5, 5.41) is 2.20. The number of alkyl halides is 3. The van der Waals surface area contributed by atoms with E-state index in [9.17, 15) is 26.9 Å². The predicted octanol–water partition coefficient (Wildman–Crippen LogP) is 5.71. The highest BCUT2D eigenvalue weighted by Gasteiger charge is 2.37. The highest BCUT2D eigenvalue weighted by atomic mass is 32.2. The van der Waals surface area contributed by atoms with Crippen LogP contribution in [0.3, 0.4) is 0 Å². The fourth-order valence-electron chi connectivity index (χ4n) is 2.52. The van der Waals surface area contributed by atoms with E-state index in [4.69, 9.17) is 4.74 Å². The number of halogens is 4. The summed E-state index contributed by atoms with van der Waals surface area (Å²) in [7, 11) is 0. The minimum absolute atomic E-state index is 0.0879. The monoisotopic (exact) mass is 460 g/mol. The fourth-order valence-corrected chi connectivity index (χ4v) is 3.32. The third-order valence-electron chi connectivity index (χ3n) is 4.17. The van der Waals surface area contributed by atoms with E-state index >= 15 is 0 Å². The predicted molar refractivity (Wildman–Crippen MR) is 111 cm³/mol.